The van der Waals surface area contributed by atoms with Gasteiger partial charge in [-0.1, -0.05) is 17.7 Å². The van der Waals surface area contributed by atoms with Crippen LogP contribution in [0.15, 0.2) is 18.2 Å². The van der Waals surface area contributed by atoms with Crippen LogP contribution in [0.25, 0.3) is 0 Å². The van der Waals surface area contributed by atoms with Crippen molar-refractivity contribution >= 4 is 23.3 Å². The van der Waals surface area contributed by atoms with E-state index >= 15 is 0 Å². The van der Waals surface area contributed by atoms with Gasteiger partial charge in [0.1, 0.15) is 0 Å². The number of nitriles is 1. The molecule has 96 valence electrons. The fourth-order valence-corrected chi connectivity index (χ4v) is 1.60. The molecule has 0 spiro atoms. The van der Waals surface area contributed by atoms with E-state index in [-0.39, 0.29) is 11.9 Å². The van der Waals surface area contributed by atoms with E-state index in [1.807, 2.05) is 13.0 Å². The molecule has 1 aromatic rings. The zero-order chi connectivity index (χ0) is 13.7. The van der Waals surface area contributed by atoms with Gasteiger partial charge in [0.15, 0.2) is 0 Å². The van der Waals surface area contributed by atoms with Crippen molar-refractivity contribution in [1.29, 1.82) is 5.26 Å². The maximum absolute atomic E-state index is 11.8. The van der Waals surface area contributed by atoms with E-state index in [1.54, 1.807) is 26.1 Å². The predicted molar refractivity (Wildman–Crippen MR) is 72.6 cm³/mol. The number of hydrogen-bond donors (Lipinski definition) is 1. The largest absolute Gasteiger partial charge is 0.326 e. The van der Waals surface area contributed by atoms with Crippen molar-refractivity contribution in [2.45, 2.75) is 13.8 Å². The SMILES string of the molecule is Cc1ccc(NC(=O)N(C)CC(C)C#N)cc1Cl. The highest BCUT2D eigenvalue weighted by Gasteiger charge is 2.12. The molecule has 0 heterocycles. The van der Waals surface area contributed by atoms with E-state index in [0.29, 0.717) is 17.3 Å². The van der Waals surface area contributed by atoms with Crippen LogP contribution in [0.3, 0.4) is 0 Å². The summed E-state index contributed by atoms with van der Waals surface area (Å²) in [5, 5.41) is 12.0. The summed E-state index contributed by atoms with van der Waals surface area (Å²) in [6.45, 7) is 4.06. The number of amides is 2. The van der Waals surface area contributed by atoms with Gasteiger partial charge in [0.25, 0.3) is 0 Å². The minimum atomic E-state index is -0.253. The second kappa shape index (κ2) is 6.27. The normalized spacial score (nSPS) is 11.5. The second-order valence-electron chi connectivity index (χ2n) is 4.30. The Morgan fingerprint density at radius 2 is 2.28 bits per heavy atom. The lowest BCUT2D eigenvalue weighted by atomic mass is 10.2. The molecule has 1 atom stereocenters. The Morgan fingerprint density at radius 3 is 2.83 bits per heavy atom. The Bertz CT molecular complexity index is 482. The Morgan fingerprint density at radius 1 is 1.61 bits per heavy atom. The van der Waals surface area contributed by atoms with Gasteiger partial charge in [-0.25, -0.2) is 4.79 Å². The highest BCUT2D eigenvalue weighted by Crippen LogP contribution is 2.20. The second-order valence-corrected chi connectivity index (χ2v) is 4.71. The minimum Gasteiger partial charge on any atom is -0.326 e. The van der Waals surface area contributed by atoms with E-state index in [4.69, 9.17) is 16.9 Å². The van der Waals surface area contributed by atoms with E-state index in [9.17, 15) is 4.79 Å². The lowest BCUT2D eigenvalue weighted by molar-refractivity contribution is 0.219. The van der Waals surface area contributed by atoms with Crippen molar-refractivity contribution in [1.82, 2.24) is 4.90 Å². The summed E-state index contributed by atoms with van der Waals surface area (Å²) in [5.41, 5.74) is 1.60. The first-order valence-corrected chi connectivity index (χ1v) is 5.99. The smallest absolute Gasteiger partial charge is 0.321 e. The molecule has 1 rings (SSSR count). The van der Waals surface area contributed by atoms with Gasteiger partial charge in [-0.3, -0.25) is 0 Å². The Labute approximate surface area is 112 Å². The number of carbonyl (C=O) groups excluding carboxylic acids is 1. The first-order valence-electron chi connectivity index (χ1n) is 5.62. The number of urea groups is 1. The Balaban J connectivity index is 2.64. The molecular formula is C13H16ClN3O. The molecule has 0 radical (unpaired) electrons. The monoisotopic (exact) mass is 265 g/mol. The average molecular weight is 266 g/mol. The fraction of sp³-hybridized carbons (Fsp3) is 0.385. The first-order chi connectivity index (χ1) is 8.43. The Hall–Kier alpha value is -1.73. The van der Waals surface area contributed by atoms with Crippen molar-refractivity contribution in [3.8, 4) is 6.07 Å². The van der Waals surface area contributed by atoms with Crippen molar-refractivity contribution in [2.24, 2.45) is 5.92 Å². The zero-order valence-corrected chi connectivity index (χ0v) is 11.5. The van der Waals surface area contributed by atoms with Crippen LogP contribution in [0, 0.1) is 24.2 Å². The first kappa shape index (κ1) is 14.3. The third-order valence-electron chi connectivity index (χ3n) is 2.54. The molecule has 1 aromatic carbocycles. The molecule has 1 unspecified atom stereocenters. The van der Waals surface area contributed by atoms with Gasteiger partial charge in [0.05, 0.1) is 12.0 Å². The third kappa shape index (κ3) is 3.94. The molecule has 0 aliphatic carbocycles. The van der Waals surface area contributed by atoms with Gasteiger partial charge in [0, 0.05) is 24.3 Å². The topological polar surface area (TPSA) is 56.1 Å². The number of rotatable bonds is 3. The molecule has 0 fully saturated rings. The molecule has 4 nitrogen and oxygen atoms in total. The zero-order valence-electron chi connectivity index (χ0n) is 10.7. The molecule has 0 saturated carbocycles. The summed E-state index contributed by atoms with van der Waals surface area (Å²) in [7, 11) is 1.65. The molecule has 0 bridgehead atoms. The summed E-state index contributed by atoms with van der Waals surface area (Å²) in [5.74, 6) is -0.192. The maximum atomic E-state index is 11.8. The number of aryl methyl sites for hydroxylation is 1. The van der Waals surface area contributed by atoms with Gasteiger partial charge in [0.2, 0.25) is 0 Å². The van der Waals surface area contributed by atoms with Crippen LogP contribution >= 0.6 is 11.6 Å². The number of carbonyl (C=O) groups is 1. The molecule has 0 aromatic heterocycles. The molecule has 18 heavy (non-hydrogen) atoms. The van der Waals surface area contributed by atoms with Gasteiger partial charge >= 0.3 is 6.03 Å². The summed E-state index contributed by atoms with van der Waals surface area (Å²) in [6.07, 6.45) is 0. The quantitative estimate of drug-likeness (QED) is 0.912. The summed E-state index contributed by atoms with van der Waals surface area (Å²) < 4.78 is 0. The van der Waals surface area contributed by atoms with Crippen molar-refractivity contribution in [3.05, 3.63) is 28.8 Å². The van der Waals surface area contributed by atoms with Gasteiger partial charge < -0.3 is 10.2 Å². The number of anilines is 1. The number of halogens is 1. The molecule has 0 saturated heterocycles. The highest BCUT2D eigenvalue weighted by atomic mass is 35.5. The van der Waals surface area contributed by atoms with Crippen molar-refractivity contribution in [2.75, 3.05) is 18.9 Å². The lowest BCUT2D eigenvalue weighted by Crippen LogP contribution is -2.34. The molecule has 0 aliphatic heterocycles. The van der Waals surface area contributed by atoms with Crippen LogP contribution in [-0.2, 0) is 0 Å². The van der Waals surface area contributed by atoms with Gasteiger partial charge in [-0.2, -0.15) is 5.26 Å². The summed E-state index contributed by atoms with van der Waals surface area (Å²) in [4.78, 5) is 13.3. The van der Waals surface area contributed by atoms with Crippen molar-refractivity contribution in [3.63, 3.8) is 0 Å². The van der Waals surface area contributed by atoms with Crippen molar-refractivity contribution < 1.29 is 4.79 Å². The Kier molecular flexibility index (Phi) is 4.99. The minimum absolute atomic E-state index is 0.192. The lowest BCUT2D eigenvalue weighted by Gasteiger charge is -2.19. The summed E-state index contributed by atoms with van der Waals surface area (Å²) >= 11 is 5.98. The van der Waals surface area contributed by atoms with Crippen LogP contribution in [-0.4, -0.2) is 24.5 Å². The number of hydrogen-bond acceptors (Lipinski definition) is 2. The van der Waals surface area contributed by atoms with Crippen LogP contribution in [0.1, 0.15) is 12.5 Å². The molecular weight excluding hydrogens is 250 g/mol. The molecule has 5 heteroatoms. The van der Waals surface area contributed by atoms with E-state index < -0.39 is 0 Å². The van der Waals surface area contributed by atoms with Crippen LogP contribution in [0.2, 0.25) is 5.02 Å². The van der Waals surface area contributed by atoms with Crippen LogP contribution in [0.5, 0.6) is 0 Å². The summed E-state index contributed by atoms with van der Waals surface area (Å²) in [6, 6.07) is 7.18. The van der Waals surface area contributed by atoms with Crippen LogP contribution in [0.4, 0.5) is 10.5 Å². The fourth-order valence-electron chi connectivity index (χ4n) is 1.42. The highest BCUT2D eigenvalue weighted by molar-refractivity contribution is 6.31. The number of benzene rings is 1. The van der Waals surface area contributed by atoms with E-state index in [1.165, 1.54) is 4.90 Å². The maximum Gasteiger partial charge on any atom is 0.321 e. The standard InChI is InChI=1S/C13H16ClN3O/c1-9(7-15)8-17(3)13(18)16-11-5-4-10(2)12(14)6-11/h4-6,9H,8H2,1-3H3,(H,16,18). The number of nitrogens with one attached hydrogen (secondary N) is 1. The third-order valence-corrected chi connectivity index (χ3v) is 2.95. The van der Waals surface area contributed by atoms with E-state index in [0.717, 1.165) is 5.56 Å². The molecule has 2 amide bonds. The molecule has 0 aliphatic rings. The van der Waals surface area contributed by atoms with Gasteiger partial charge in [-0.05, 0) is 31.5 Å². The predicted octanol–water partition coefficient (Wildman–Crippen LogP) is 3.27. The van der Waals surface area contributed by atoms with E-state index in [2.05, 4.69) is 11.4 Å². The number of nitrogens with zero attached hydrogens (tertiary/aromatic N) is 2. The average Bonchev–Trinajstić information content (AvgIpc) is 2.33. The van der Waals surface area contributed by atoms with Gasteiger partial charge in [-0.15, -0.1) is 0 Å². The molecule has 1 N–H and O–H groups in total. The van der Waals surface area contributed by atoms with Crippen LogP contribution < -0.4 is 5.32 Å².